The van der Waals surface area contributed by atoms with Gasteiger partial charge in [0.05, 0.1) is 10.8 Å². The van der Waals surface area contributed by atoms with Gasteiger partial charge in [0.2, 0.25) is 5.91 Å². The lowest BCUT2D eigenvalue weighted by Gasteiger charge is -2.12. The number of hydrogen-bond acceptors (Lipinski definition) is 3. The van der Waals surface area contributed by atoms with Crippen molar-refractivity contribution >= 4 is 22.8 Å². The number of amidine groups is 1. The van der Waals surface area contributed by atoms with Gasteiger partial charge in [-0.15, -0.1) is 0 Å². The molecule has 1 rings (SSSR count). The van der Waals surface area contributed by atoms with Crippen molar-refractivity contribution in [2.24, 2.45) is 4.99 Å². The van der Waals surface area contributed by atoms with Crippen LogP contribution in [0.15, 0.2) is 4.99 Å². The van der Waals surface area contributed by atoms with Crippen LogP contribution in [-0.2, 0) is 4.79 Å². The Morgan fingerprint density at radius 2 is 2.00 bits per heavy atom. The van der Waals surface area contributed by atoms with Crippen LogP contribution in [0.3, 0.4) is 0 Å². The molecule has 1 unspecified atom stereocenters. The summed E-state index contributed by atoms with van der Waals surface area (Å²) in [6.45, 7) is 8.33. The van der Waals surface area contributed by atoms with Gasteiger partial charge in [-0.3, -0.25) is 9.79 Å². The summed E-state index contributed by atoms with van der Waals surface area (Å²) in [7, 11) is 0. The van der Waals surface area contributed by atoms with E-state index in [1.165, 1.54) is 19.3 Å². The first-order valence-corrected chi connectivity index (χ1v) is 7.37. The number of unbranched alkanes of at least 4 members (excludes halogenated alkanes) is 3. The fraction of sp³-hybridized carbons (Fsp3) is 0.846. The maximum atomic E-state index is 11.7. The van der Waals surface area contributed by atoms with E-state index in [4.69, 9.17) is 0 Å². The molecule has 1 amide bonds. The minimum absolute atomic E-state index is 0.0768. The molecule has 4 heteroatoms. The quantitative estimate of drug-likeness (QED) is 0.766. The molecule has 0 bridgehead atoms. The lowest BCUT2D eigenvalue weighted by molar-refractivity contribution is -0.118. The van der Waals surface area contributed by atoms with Gasteiger partial charge in [0, 0.05) is 0 Å². The number of rotatable bonds is 5. The Labute approximate surface area is 109 Å². The van der Waals surface area contributed by atoms with Crippen LogP contribution in [0.2, 0.25) is 0 Å². The molecule has 1 saturated heterocycles. The molecule has 0 aromatic carbocycles. The highest BCUT2D eigenvalue weighted by atomic mass is 32.2. The fourth-order valence-corrected chi connectivity index (χ4v) is 2.92. The van der Waals surface area contributed by atoms with Crippen molar-refractivity contribution < 1.29 is 4.79 Å². The van der Waals surface area contributed by atoms with Crippen molar-refractivity contribution in [1.82, 2.24) is 5.32 Å². The number of nitrogens with one attached hydrogen (secondary N) is 1. The second kappa shape index (κ2) is 6.43. The van der Waals surface area contributed by atoms with Crippen LogP contribution in [-0.4, -0.2) is 21.9 Å². The summed E-state index contributed by atoms with van der Waals surface area (Å²) in [4.78, 5) is 16.2. The number of amides is 1. The minimum Gasteiger partial charge on any atom is -0.304 e. The fourth-order valence-electron chi connectivity index (χ4n) is 1.71. The Kier molecular flexibility index (Phi) is 5.50. The lowest BCUT2D eigenvalue weighted by atomic mass is 10.1. The summed E-state index contributed by atoms with van der Waals surface area (Å²) in [5.41, 5.74) is -0.118. The van der Waals surface area contributed by atoms with Crippen LogP contribution in [0.4, 0.5) is 0 Å². The van der Waals surface area contributed by atoms with Gasteiger partial charge in [0.15, 0.2) is 5.17 Å². The standard InChI is InChI=1S/C13H24N2OS/c1-5-6-7-8-9-10-11(16)14-12(17-10)15-13(2,3)4/h10H,5-9H2,1-4H3,(H,14,15,16). The summed E-state index contributed by atoms with van der Waals surface area (Å²) >= 11 is 1.59. The van der Waals surface area contributed by atoms with E-state index in [1.807, 2.05) is 20.8 Å². The summed E-state index contributed by atoms with van der Waals surface area (Å²) in [5.74, 6) is 0.134. The largest absolute Gasteiger partial charge is 0.304 e. The van der Waals surface area contributed by atoms with Crippen molar-refractivity contribution in [3.63, 3.8) is 0 Å². The van der Waals surface area contributed by atoms with Crippen LogP contribution in [0.25, 0.3) is 0 Å². The molecule has 1 aliphatic heterocycles. The predicted octanol–water partition coefficient (Wildman–Crippen LogP) is 3.34. The Balaban J connectivity index is 2.39. The average molecular weight is 256 g/mol. The molecule has 1 aliphatic rings. The van der Waals surface area contributed by atoms with Crippen molar-refractivity contribution in [3.05, 3.63) is 0 Å². The summed E-state index contributed by atoms with van der Waals surface area (Å²) < 4.78 is 0. The number of thioether (sulfide) groups is 1. The van der Waals surface area contributed by atoms with E-state index in [-0.39, 0.29) is 16.7 Å². The lowest BCUT2D eigenvalue weighted by Crippen LogP contribution is -2.26. The molecule has 98 valence electrons. The minimum atomic E-state index is -0.118. The molecule has 17 heavy (non-hydrogen) atoms. The number of aliphatic imine (C=N–C) groups is 1. The first-order valence-electron chi connectivity index (χ1n) is 6.50. The third-order valence-electron chi connectivity index (χ3n) is 2.53. The molecule has 0 aliphatic carbocycles. The molecule has 1 heterocycles. The number of hydrogen-bond donors (Lipinski definition) is 1. The molecule has 0 spiro atoms. The third kappa shape index (κ3) is 5.57. The van der Waals surface area contributed by atoms with E-state index < -0.39 is 0 Å². The molecule has 3 nitrogen and oxygen atoms in total. The first kappa shape index (κ1) is 14.6. The maximum Gasteiger partial charge on any atom is 0.239 e. The zero-order chi connectivity index (χ0) is 12.9. The molecule has 1 atom stereocenters. The Hall–Kier alpha value is -0.510. The van der Waals surface area contributed by atoms with Crippen LogP contribution < -0.4 is 5.32 Å². The molecule has 1 N–H and O–H groups in total. The van der Waals surface area contributed by atoms with Gasteiger partial charge in [0.1, 0.15) is 0 Å². The van der Waals surface area contributed by atoms with Crippen LogP contribution >= 0.6 is 11.8 Å². The highest BCUT2D eigenvalue weighted by Crippen LogP contribution is 2.26. The normalized spacial score (nSPS) is 23.2. The molecule has 1 fully saturated rings. The monoisotopic (exact) mass is 256 g/mol. The van der Waals surface area contributed by atoms with Gasteiger partial charge in [-0.1, -0.05) is 44.4 Å². The van der Waals surface area contributed by atoms with Gasteiger partial charge in [-0.05, 0) is 27.2 Å². The summed E-state index contributed by atoms with van der Waals surface area (Å²) in [5, 5.41) is 3.75. The second-order valence-electron chi connectivity index (χ2n) is 5.53. The van der Waals surface area contributed by atoms with E-state index in [2.05, 4.69) is 17.2 Å². The van der Waals surface area contributed by atoms with Gasteiger partial charge in [-0.25, -0.2) is 0 Å². The molecule has 0 aromatic rings. The van der Waals surface area contributed by atoms with Gasteiger partial charge < -0.3 is 5.32 Å². The number of carbonyl (C=O) groups excluding carboxylic acids is 1. The molecular weight excluding hydrogens is 232 g/mol. The summed E-state index contributed by atoms with van der Waals surface area (Å²) in [6.07, 6.45) is 5.84. The van der Waals surface area contributed by atoms with Crippen molar-refractivity contribution in [3.8, 4) is 0 Å². The Bertz CT molecular complexity index is 294. The van der Waals surface area contributed by atoms with E-state index in [0.29, 0.717) is 0 Å². The van der Waals surface area contributed by atoms with E-state index in [0.717, 1.165) is 18.0 Å². The maximum absolute atomic E-state index is 11.7. The second-order valence-corrected chi connectivity index (χ2v) is 6.72. The van der Waals surface area contributed by atoms with Crippen LogP contribution in [0, 0.1) is 0 Å². The topological polar surface area (TPSA) is 41.5 Å². The van der Waals surface area contributed by atoms with Crippen LogP contribution in [0.5, 0.6) is 0 Å². The van der Waals surface area contributed by atoms with Gasteiger partial charge in [-0.2, -0.15) is 0 Å². The predicted molar refractivity (Wildman–Crippen MR) is 75.5 cm³/mol. The SMILES string of the molecule is CCCCCCC1SC(=NC(C)(C)C)NC1=O. The molecule has 0 radical (unpaired) electrons. The highest BCUT2D eigenvalue weighted by Gasteiger charge is 2.30. The average Bonchev–Trinajstić information content (AvgIpc) is 2.51. The highest BCUT2D eigenvalue weighted by molar-refractivity contribution is 8.15. The number of carbonyl (C=O) groups is 1. The van der Waals surface area contributed by atoms with Gasteiger partial charge in [0.25, 0.3) is 0 Å². The Morgan fingerprint density at radius 1 is 1.29 bits per heavy atom. The van der Waals surface area contributed by atoms with Gasteiger partial charge >= 0.3 is 0 Å². The van der Waals surface area contributed by atoms with E-state index >= 15 is 0 Å². The van der Waals surface area contributed by atoms with Crippen molar-refractivity contribution in [1.29, 1.82) is 0 Å². The molecule has 0 aromatic heterocycles. The van der Waals surface area contributed by atoms with Crippen molar-refractivity contribution in [2.45, 2.75) is 70.6 Å². The Morgan fingerprint density at radius 3 is 2.59 bits per heavy atom. The zero-order valence-electron chi connectivity index (χ0n) is 11.4. The summed E-state index contributed by atoms with van der Waals surface area (Å²) in [6, 6.07) is 0. The molecule has 0 saturated carbocycles. The molecular formula is C13H24N2OS. The van der Waals surface area contributed by atoms with E-state index in [9.17, 15) is 4.79 Å². The zero-order valence-corrected chi connectivity index (χ0v) is 12.2. The van der Waals surface area contributed by atoms with Crippen molar-refractivity contribution in [2.75, 3.05) is 0 Å². The number of nitrogens with zero attached hydrogens (tertiary/aromatic N) is 1. The van der Waals surface area contributed by atoms with Crippen LogP contribution in [0.1, 0.15) is 59.8 Å². The van der Waals surface area contributed by atoms with E-state index in [1.54, 1.807) is 11.8 Å². The first-order chi connectivity index (χ1) is 7.92. The third-order valence-corrected chi connectivity index (χ3v) is 3.68. The smallest absolute Gasteiger partial charge is 0.239 e.